The van der Waals surface area contributed by atoms with E-state index < -0.39 is 0 Å². The highest BCUT2D eigenvalue weighted by Crippen LogP contribution is 2.26. The van der Waals surface area contributed by atoms with Crippen molar-refractivity contribution in [2.45, 2.75) is 32.9 Å². The summed E-state index contributed by atoms with van der Waals surface area (Å²) in [6.45, 7) is 3.16. The monoisotopic (exact) mass is 374 g/mol. The first-order valence-electron chi connectivity index (χ1n) is 9.40. The van der Waals surface area contributed by atoms with Crippen molar-refractivity contribution in [1.29, 1.82) is 0 Å². The number of carbonyl (C=O) groups is 1. The number of nitrogens with zero attached hydrogens (tertiary/aromatic N) is 2. The van der Waals surface area contributed by atoms with Crippen molar-refractivity contribution in [3.8, 4) is 0 Å². The maximum atomic E-state index is 12.3. The second-order valence-corrected chi connectivity index (χ2v) is 7.00. The highest BCUT2D eigenvalue weighted by Gasteiger charge is 2.13. The van der Waals surface area contributed by atoms with E-state index >= 15 is 0 Å². The number of amides is 1. The van der Waals surface area contributed by atoms with E-state index in [1.807, 2.05) is 60.0 Å². The van der Waals surface area contributed by atoms with Crippen molar-refractivity contribution < 1.29 is 4.79 Å². The summed E-state index contributed by atoms with van der Waals surface area (Å²) < 4.78 is 1.98. The maximum Gasteiger partial charge on any atom is 0.288 e. The summed E-state index contributed by atoms with van der Waals surface area (Å²) in [5.41, 5.74) is 3.66. The van der Waals surface area contributed by atoms with E-state index in [1.165, 1.54) is 5.56 Å². The molecule has 6 heteroatoms. The van der Waals surface area contributed by atoms with Crippen LogP contribution in [0.1, 0.15) is 24.0 Å². The molecule has 28 heavy (non-hydrogen) atoms. The van der Waals surface area contributed by atoms with Gasteiger partial charge in [0.15, 0.2) is 0 Å². The zero-order chi connectivity index (χ0) is 19.5. The van der Waals surface area contributed by atoms with Gasteiger partial charge in [-0.2, -0.15) is 5.10 Å². The van der Waals surface area contributed by atoms with Gasteiger partial charge in [-0.1, -0.05) is 48.0 Å². The number of hydrogen-bond acceptors (Lipinski definition) is 3. The van der Waals surface area contributed by atoms with E-state index in [0.717, 1.165) is 21.9 Å². The number of fused-ring (bicyclic) bond motifs is 3. The lowest BCUT2D eigenvalue weighted by Crippen LogP contribution is -2.23. The lowest BCUT2D eigenvalue weighted by Gasteiger charge is -2.08. The van der Waals surface area contributed by atoms with Crippen molar-refractivity contribution in [2.24, 2.45) is 0 Å². The maximum absolute atomic E-state index is 12.3. The molecule has 0 aliphatic carbocycles. The van der Waals surface area contributed by atoms with Crippen LogP contribution in [0.3, 0.4) is 0 Å². The SMILES string of the molecule is Cc1ccc(CNC(=O)CCCn2c3ccccc3c3cn[nH]c(=O)c32)cc1. The van der Waals surface area contributed by atoms with Gasteiger partial charge in [0.2, 0.25) is 5.91 Å². The summed E-state index contributed by atoms with van der Waals surface area (Å²) in [6.07, 6.45) is 2.74. The summed E-state index contributed by atoms with van der Waals surface area (Å²) in [7, 11) is 0. The smallest absolute Gasteiger partial charge is 0.288 e. The molecule has 2 aromatic heterocycles. The van der Waals surface area contributed by atoms with Crippen LogP contribution in [0.4, 0.5) is 0 Å². The zero-order valence-corrected chi connectivity index (χ0v) is 15.7. The number of hydrogen-bond donors (Lipinski definition) is 2. The Hall–Kier alpha value is -3.41. The summed E-state index contributed by atoms with van der Waals surface area (Å²) in [5.74, 6) is 0.0110. The van der Waals surface area contributed by atoms with E-state index in [0.29, 0.717) is 31.4 Å². The van der Waals surface area contributed by atoms with Gasteiger partial charge in [-0.3, -0.25) is 9.59 Å². The lowest BCUT2D eigenvalue weighted by molar-refractivity contribution is -0.121. The Balaban J connectivity index is 1.44. The molecule has 0 atom stereocenters. The minimum atomic E-state index is -0.211. The molecule has 4 aromatic rings. The molecule has 0 saturated carbocycles. The number of para-hydroxylation sites is 1. The Kier molecular flexibility index (Phi) is 4.93. The minimum absolute atomic E-state index is 0.0110. The molecule has 0 aliphatic rings. The fourth-order valence-corrected chi connectivity index (χ4v) is 3.54. The van der Waals surface area contributed by atoms with Gasteiger partial charge in [0.05, 0.1) is 6.20 Å². The zero-order valence-electron chi connectivity index (χ0n) is 15.7. The van der Waals surface area contributed by atoms with Crippen LogP contribution in [0.25, 0.3) is 21.8 Å². The van der Waals surface area contributed by atoms with E-state index in [-0.39, 0.29) is 11.5 Å². The second kappa shape index (κ2) is 7.68. The van der Waals surface area contributed by atoms with Crippen molar-refractivity contribution in [3.05, 3.63) is 76.2 Å². The van der Waals surface area contributed by atoms with Crippen molar-refractivity contribution in [2.75, 3.05) is 0 Å². The number of benzene rings is 2. The highest BCUT2D eigenvalue weighted by molar-refractivity contribution is 6.07. The number of H-pyrrole nitrogens is 1. The van der Waals surface area contributed by atoms with Crippen LogP contribution >= 0.6 is 0 Å². The average Bonchev–Trinajstić information content (AvgIpc) is 3.03. The standard InChI is InChI=1S/C22H22N4O2/c1-15-8-10-16(11-9-15)13-23-20(27)7-4-12-26-19-6-3-2-5-17(19)18-14-24-25-22(28)21(18)26/h2-3,5-6,8-11,14H,4,7,12-13H2,1H3,(H,23,27)(H,25,28). The Labute approximate surface area is 162 Å². The number of rotatable bonds is 6. The first kappa shape index (κ1) is 18.0. The first-order chi connectivity index (χ1) is 13.6. The van der Waals surface area contributed by atoms with E-state index in [1.54, 1.807) is 6.20 Å². The Morgan fingerprint density at radius 3 is 2.71 bits per heavy atom. The van der Waals surface area contributed by atoms with Gasteiger partial charge in [0, 0.05) is 35.8 Å². The van der Waals surface area contributed by atoms with Crippen LogP contribution < -0.4 is 10.9 Å². The molecular formula is C22H22N4O2. The first-order valence-corrected chi connectivity index (χ1v) is 9.40. The van der Waals surface area contributed by atoms with Gasteiger partial charge >= 0.3 is 0 Å². The third-order valence-corrected chi connectivity index (χ3v) is 4.98. The molecule has 1 amide bonds. The van der Waals surface area contributed by atoms with Gasteiger partial charge in [-0.15, -0.1) is 0 Å². The number of nitrogens with one attached hydrogen (secondary N) is 2. The number of carbonyl (C=O) groups excluding carboxylic acids is 1. The molecule has 2 aromatic carbocycles. The average molecular weight is 374 g/mol. The van der Waals surface area contributed by atoms with Gasteiger partial charge in [0.1, 0.15) is 5.52 Å². The fraction of sp³-hybridized carbons (Fsp3) is 0.227. The normalized spacial score (nSPS) is 11.2. The second-order valence-electron chi connectivity index (χ2n) is 7.00. The van der Waals surface area contributed by atoms with E-state index in [9.17, 15) is 9.59 Å². The van der Waals surface area contributed by atoms with Gasteiger partial charge in [-0.05, 0) is 25.0 Å². The van der Waals surface area contributed by atoms with Gasteiger partial charge < -0.3 is 9.88 Å². The predicted octanol–water partition coefficient (Wildman–Crippen LogP) is 3.28. The van der Waals surface area contributed by atoms with Crippen LogP contribution in [0, 0.1) is 6.92 Å². The van der Waals surface area contributed by atoms with Crippen molar-refractivity contribution in [1.82, 2.24) is 20.1 Å². The molecule has 0 fully saturated rings. The molecule has 0 bridgehead atoms. The van der Waals surface area contributed by atoms with Crippen molar-refractivity contribution in [3.63, 3.8) is 0 Å². The number of aryl methyl sites for hydroxylation is 2. The molecule has 0 radical (unpaired) electrons. The van der Waals surface area contributed by atoms with Crippen LogP contribution in [0.15, 0.2) is 59.5 Å². The summed E-state index contributed by atoms with van der Waals surface area (Å²) in [4.78, 5) is 24.5. The molecule has 2 N–H and O–H groups in total. The summed E-state index contributed by atoms with van der Waals surface area (Å²) in [6, 6.07) is 16.0. The Morgan fingerprint density at radius 1 is 1.11 bits per heavy atom. The van der Waals surface area contributed by atoms with Crippen LogP contribution in [-0.4, -0.2) is 20.7 Å². The third kappa shape index (κ3) is 3.53. The van der Waals surface area contributed by atoms with Crippen LogP contribution in [0.5, 0.6) is 0 Å². The molecule has 0 aliphatic heterocycles. The molecule has 2 heterocycles. The van der Waals surface area contributed by atoms with E-state index in [2.05, 4.69) is 15.5 Å². The molecular weight excluding hydrogens is 352 g/mol. The third-order valence-electron chi connectivity index (χ3n) is 4.98. The Bertz CT molecular complexity index is 1190. The molecule has 0 saturated heterocycles. The largest absolute Gasteiger partial charge is 0.352 e. The summed E-state index contributed by atoms with van der Waals surface area (Å²) >= 11 is 0. The lowest BCUT2D eigenvalue weighted by atomic mass is 10.1. The molecule has 6 nitrogen and oxygen atoms in total. The number of aromatic nitrogens is 3. The molecule has 0 unspecified atom stereocenters. The number of aromatic amines is 1. The summed E-state index contributed by atoms with van der Waals surface area (Å²) in [5, 5.41) is 11.2. The van der Waals surface area contributed by atoms with E-state index in [4.69, 9.17) is 0 Å². The van der Waals surface area contributed by atoms with Gasteiger partial charge in [0.25, 0.3) is 5.56 Å². The highest BCUT2D eigenvalue weighted by atomic mass is 16.1. The van der Waals surface area contributed by atoms with Gasteiger partial charge in [-0.25, -0.2) is 5.10 Å². The topological polar surface area (TPSA) is 79.8 Å². The Morgan fingerprint density at radius 2 is 1.89 bits per heavy atom. The fourth-order valence-electron chi connectivity index (χ4n) is 3.54. The molecule has 4 rings (SSSR count). The van der Waals surface area contributed by atoms with Crippen LogP contribution in [-0.2, 0) is 17.9 Å². The predicted molar refractivity (Wildman–Crippen MR) is 110 cm³/mol. The molecule has 0 spiro atoms. The van der Waals surface area contributed by atoms with Crippen LogP contribution in [0.2, 0.25) is 0 Å². The minimum Gasteiger partial charge on any atom is -0.352 e. The molecule has 142 valence electrons. The van der Waals surface area contributed by atoms with Crippen molar-refractivity contribution >= 4 is 27.7 Å². The quantitative estimate of drug-likeness (QED) is 0.543.